The fraction of sp³-hybridized carbons (Fsp3) is 0.655. The van der Waals surface area contributed by atoms with Crippen molar-refractivity contribution in [3.63, 3.8) is 0 Å². The zero-order valence-corrected chi connectivity index (χ0v) is 19.0. The summed E-state index contributed by atoms with van der Waals surface area (Å²) in [6.45, 7) is 6.08. The maximum absolute atomic E-state index is 14.8. The predicted molar refractivity (Wildman–Crippen MR) is 126 cm³/mol. The Morgan fingerprint density at radius 2 is 1.57 bits per heavy atom. The monoisotopic (exact) mass is 408 g/mol. The van der Waals surface area contributed by atoms with E-state index in [0.717, 1.165) is 53.6 Å². The topological polar surface area (TPSA) is 0 Å². The summed E-state index contributed by atoms with van der Waals surface area (Å²) in [5.74, 6) is 5.03. The normalized spacial score (nSPS) is 34.6. The largest absolute Gasteiger partial charge is 0.207 e. The van der Waals surface area contributed by atoms with Crippen molar-refractivity contribution in [1.82, 2.24) is 0 Å². The van der Waals surface area contributed by atoms with Gasteiger partial charge in [-0.05, 0) is 137 Å². The zero-order valence-electron chi connectivity index (χ0n) is 19.0. The van der Waals surface area contributed by atoms with Crippen LogP contribution in [0.5, 0.6) is 0 Å². The van der Waals surface area contributed by atoms with Gasteiger partial charge in [-0.2, -0.15) is 0 Å². The maximum atomic E-state index is 14.8. The van der Waals surface area contributed by atoms with Crippen molar-refractivity contribution in [3.05, 3.63) is 60.0 Å². The Balaban J connectivity index is 1.28. The SMILES string of the molecule is C=CC1CCC2CC(C3CCC(c4ccc(CC/C=C/C)cc4F)CC3)CCC2C1. The highest BCUT2D eigenvalue weighted by Gasteiger charge is 2.38. The standard InChI is InChI=1S/C29H41F/c1-3-5-6-7-22-9-17-28(29(30)19-22)24-13-11-23(12-14-24)26-16-15-25-18-21(4-2)8-10-27(25)20-26/h3-5,9,17,19,21,23-27H,2,6-8,10-16,18,20H2,1H3/b5-3+. The van der Waals surface area contributed by atoms with Crippen LogP contribution in [0.2, 0.25) is 0 Å². The molecule has 0 amide bonds. The van der Waals surface area contributed by atoms with E-state index in [-0.39, 0.29) is 5.82 Å². The molecule has 0 N–H and O–H groups in total. The molecular formula is C29H41F. The molecule has 3 aliphatic carbocycles. The Morgan fingerprint density at radius 3 is 2.27 bits per heavy atom. The van der Waals surface area contributed by atoms with Crippen molar-refractivity contribution < 1.29 is 4.39 Å². The van der Waals surface area contributed by atoms with Crippen LogP contribution >= 0.6 is 0 Å². The molecule has 0 aliphatic heterocycles. The Morgan fingerprint density at radius 1 is 0.900 bits per heavy atom. The zero-order chi connectivity index (χ0) is 20.9. The van der Waals surface area contributed by atoms with Crippen molar-refractivity contribution in [3.8, 4) is 0 Å². The second-order valence-corrected chi connectivity index (χ2v) is 10.5. The fourth-order valence-electron chi connectivity index (χ4n) is 6.98. The van der Waals surface area contributed by atoms with Crippen LogP contribution in [0.25, 0.3) is 0 Å². The molecule has 3 aliphatic rings. The van der Waals surface area contributed by atoms with Gasteiger partial charge in [0.1, 0.15) is 5.82 Å². The number of aryl methyl sites for hydroxylation is 1. The summed E-state index contributed by atoms with van der Waals surface area (Å²) in [6.07, 6.45) is 21.9. The molecule has 164 valence electrons. The van der Waals surface area contributed by atoms with Crippen LogP contribution in [0.1, 0.15) is 94.6 Å². The van der Waals surface area contributed by atoms with Crippen LogP contribution in [0.4, 0.5) is 4.39 Å². The minimum absolute atomic E-state index is 0.0379. The molecular weight excluding hydrogens is 367 g/mol. The lowest BCUT2D eigenvalue weighted by molar-refractivity contribution is 0.0718. The van der Waals surface area contributed by atoms with Gasteiger partial charge in [0.25, 0.3) is 0 Å². The summed E-state index contributed by atoms with van der Waals surface area (Å²) in [6, 6.07) is 6.05. The number of benzene rings is 1. The third kappa shape index (κ3) is 5.09. The lowest BCUT2D eigenvalue weighted by Gasteiger charge is -2.45. The van der Waals surface area contributed by atoms with Crippen molar-refractivity contribution in [2.24, 2.45) is 29.6 Å². The van der Waals surface area contributed by atoms with Gasteiger partial charge >= 0.3 is 0 Å². The van der Waals surface area contributed by atoms with E-state index in [2.05, 4.69) is 36.9 Å². The highest BCUT2D eigenvalue weighted by molar-refractivity contribution is 5.28. The molecule has 0 bridgehead atoms. The number of rotatable bonds is 6. The third-order valence-corrected chi connectivity index (χ3v) is 8.81. The number of hydrogen-bond acceptors (Lipinski definition) is 0. The van der Waals surface area contributed by atoms with E-state index in [0.29, 0.717) is 5.92 Å². The maximum Gasteiger partial charge on any atom is 0.126 e. The molecule has 1 aromatic rings. The van der Waals surface area contributed by atoms with Gasteiger partial charge in [-0.1, -0.05) is 30.4 Å². The lowest BCUT2D eigenvalue weighted by Crippen LogP contribution is -2.34. The molecule has 3 saturated carbocycles. The fourth-order valence-corrected chi connectivity index (χ4v) is 6.98. The first-order chi connectivity index (χ1) is 14.7. The summed E-state index contributed by atoms with van der Waals surface area (Å²) in [5.41, 5.74) is 2.11. The molecule has 4 atom stereocenters. The highest BCUT2D eigenvalue weighted by Crippen LogP contribution is 2.50. The van der Waals surface area contributed by atoms with Crippen molar-refractivity contribution in [1.29, 1.82) is 0 Å². The second kappa shape index (κ2) is 10.3. The molecule has 1 heteroatoms. The van der Waals surface area contributed by atoms with Gasteiger partial charge in [0, 0.05) is 0 Å². The Labute approximate surface area is 184 Å². The first kappa shape index (κ1) is 21.8. The summed E-state index contributed by atoms with van der Waals surface area (Å²) in [5, 5.41) is 0. The number of hydrogen-bond donors (Lipinski definition) is 0. The van der Waals surface area contributed by atoms with Gasteiger partial charge in [0.05, 0.1) is 0 Å². The summed E-state index contributed by atoms with van der Waals surface area (Å²) in [4.78, 5) is 0. The molecule has 4 rings (SSSR count). The van der Waals surface area contributed by atoms with Crippen LogP contribution in [0.15, 0.2) is 43.0 Å². The van der Waals surface area contributed by atoms with Crippen LogP contribution in [0.3, 0.4) is 0 Å². The quantitative estimate of drug-likeness (QED) is 0.413. The van der Waals surface area contributed by atoms with Crippen LogP contribution in [0, 0.1) is 35.4 Å². The summed E-state index contributed by atoms with van der Waals surface area (Å²) in [7, 11) is 0. The van der Waals surface area contributed by atoms with E-state index in [4.69, 9.17) is 0 Å². The van der Waals surface area contributed by atoms with Gasteiger partial charge in [-0.15, -0.1) is 6.58 Å². The Bertz CT molecular complexity index is 724. The molecule has 1 aromatic carbocycles. The van der Waals surface area contributed by atoms with Gasteiger partial charge in [0.15, 0.2) is 0 Å². The third-order valence-electron chi connectivity index (χ3n) is 8.81. The van der Waals surface area contributed by atoms with E-state index in [1.54, 1.807) is 6.07 Å². The first-order valence-electron chi connectivity index (χ1n) is 12.7. The molecule has 0 aromatic heterocycles. The second-order valence-electron chi connectivity index (χ2n) is 10.5. The first-order valence-corrected chi connectivity index (χ1v) is 12.7. The smallest absolute Gasteiger partial charge is 0.126 e. The highest BCUT2D eigenvalue weighted by atomic mass is 19.1. The van der Waals surface area contributed by atoms with Crippen molar-refractivity contribution >= 4 is 0 Å². The Kier molecular flexibility index (Phi) is 7.50. The van der Waals surface area contributed by atoms with E-state index in [1.165, 1.54) is 64.2 Å². The van der Waals surface area contributed by atoms with E-state index in [1.807, 2.05) is 6.92 Å². The average Bonchev–Trinajstić information content (AvgIpc) is 2.79. The van der Waals surface area contributed by atoms with Crippen LogP contribution < -0.4 is 0 Å². The van der Waals surface area contributed by atoms with Crippen molar-refractivity contribution in [2.45, 2.75) is 89.9 Å². The van der Waals surface area contributed by atoms with Crippen LogP contribution in [-0.4, -0.2) is 0 Å². The minimum Gasteiger partial charge on any atom is -0.207 e. The number of fused-ring (bicyclic) bond motifs is 1. The van der Waals surface area contributed by atoms with E-state index in [9.17, 15) is 4.39 Å². The molecule has 0 heterocycles. The molecule has 0 spiro atoms. The molecule has 0 radical (unpaired) electrons. The van der Waals surface area contributed by atoms with Gasteiger partial charge < -0.3 is 0 Å². The molecule has 4 unspecified atom stereocenters. The number of allylic oxidation sites excluding steroid dienone is 3. The molecule has 0 nitrogen and oxygen atoms in total. The van der Waals surface area contributed by atoms with E-state index < -0.39 is 0 Å². The molecule has 3 fully saturated rings. The van der Waals surface area contributed by atoms with E-state index >= 15 is 0 Å². The predicted octanol–water partition coefficient (Wildman–Crippen LogP) is 8.63. The van der Waals surface area contributed by atoms with Gasteiger partial charge in [-0.25, -0.2) is 4.39 Å². The van der Waals surface area contributed by atoms with Crippen LogP contribution in [-0.2, 0) is 6.42 Å². The summed E-state index contributed by atoms with van der Waals surface area (Å²) < 4.78 is 14.8. The minimum atomic E-state index is 0.0379. The molecule has 0 saturated heterocycles. The van der Waals surface area contributed by atoms with Crippen molar-refractivity contribution in [2.75, 3.05) is 0 Å². The summed E-state index contributed by atoms with van der Waals surface area (Å²) >= 11 is 0. The number of halogens is 1. The van der Waals surface area contributed by atoms with Gasteiger partial charge in [0.2, 0.25) is 0 Å². The Hall–Kier alpha value is -1.37. The average molecular weight is 409 g/mol. The van der Waals surface area contributed by atoms with Gasteiger partial charge in [-0.3, -0.25) is 0 Å². The molecule has 30 heavy (non-hydrogen) atoms. The lowest BCUT2D eigenvalue weighted by atomic mass is 9.61.